The van der Waals surface area contributed by atoms with Crippen molar-refractivity contribution >= 4 is 28.4 Å². The molecule has 4 heterocycles. The van der Waals surface area contributed by atoms with Gasteiger partial charge in [-0.3, -0.25) is 0 Å². The van der Waals surface area contributed by atoms with E-state index in [1.165, 1.54) is 0 Å². The first-order valence-corrected chi connectivity index (χ1v) is 10.5. The molecule has 0 radical (unpaired) electrons. The molecule has 1 aliphatic rings. The first-order valence-electron chi connectivity index (χ1n) is 10.5. The summed E-state index contributed by atoms with van der Waals surface area (Å²) in [6.07, 6.45) is 6.60. The fourth-order valence-corrected chi connectivity index (χ4v) is 4.23. The van der Waals surface area contributed by atoms with Crippen LogP contribution in [0.3, 0.4) is 0 Å². The van der Waals surface area contributed by atoms with Gasteiger partial charge in [0.05, 0.1) is 24.2 Å². The topological polar surface area (TPSA) is 119 Å². The molecule has 0 aliphatic heterocycles. The number of imidazole rings is 1. The predicted octanol–water partition coefficient (Wildman–Crippen LogP) is 2.80. The summed E-state index contributed by atoms with van der Waals surface area (Å²) in [6.45, 7) is 1.60. The number of anilines is 2. The Hall–Kier alpha value is -3.27. The van der Waals surface area contributed by atoms with Gasteiger partial charge in [-0.25, -0.2) is 18.9 Å². The maximum absolute atomic E-state index is 12.8. The number of nitrogen functional groups attached to an aromatic ring is 1. The molecule has 1 aliphatic carbocycles. The van der Waals surface area contributed by atoms with Gasteiger partial charge in [-0.05, 0) is 50.8 Å². The van der Waals surface area contributed by atoms with Crippen molar-refractivity contribution in [3.05, 3.63) is 30.7 Å². The van der Waals surface area contributed by atoms with Crippen molar-refractivity contribution in [2.75, 3.05) is 17.7 Å². The van der Waals surface area contributed by atoms with Gasteiger partial charge in [0.25, 0.3) is 0 Å². The molecule has 4 N–H and O–H groups in total. The zero-order valence-corrected chi connectivity index (χ0v) is 17.3. The summed E-state index contributed by atoms with van der Waals surface area (Å²) in [5.41, 5.74) is 9.22. The number of alkyl halides is 1. The van der Waals surface area contributed by atoms with Crippen molar-refractivity contribution in [1.82, 2.24) is 29.1 Å². The summed E-state index contributed by atoms with van der Waals surface area (Å²) < 4.78 is 16.2. The lowest BCUT2D eigenvalue weighted by atomic mass is 9.84. The molecular formula is C21H25FN8O. The van der Waals surface area contributed by atoms with E-state index in [2.05, 4.69) is 25.4 Å². The molecule has 4 aromatic rings. The van der Waals surface area contributed by atoms with Gasteiger partial charge in [-0.2, -0.15) is 4.98 Å². The third-order valence-electron chi connectivity index (χ3n) is 6.00. The summed E-state index contributed by atoms with van der Waals surface area (Å²) >= 11 is 0. The number of hydrogen-bond donors (Lipinski definition) is 3. The Balaban J connectivity index is 1.46. The largest absolute Gasteiger partial charge is 0.390 e. The number of rotatable bonds is 5. The number of hydrogen-bond acceptors (Lipinski definition) is 7. The van der Waals surface area contributed by atoms with Gasteiger partial charge < -0.3 is 20.7 Å². The molecule has 5 rings (SSSR count). The van der Waals surface area contributed by atoms with Crippen LogP contribution in [-0.2, 0) is 6.54 Å². The van der Waals surface area contributed by atoms with Gasteiger partial charge in [0, 0.05) is 17.8 Å². The minimum absolute atomic E-state index is 0.201. The van der Waals surface area contributed by atoms with E-state index < -0.39 is 12.3 Å². The van der Waals surface area contributed by atoms with Crippen molar-refractivity contribution in [2.45, 2.75) is 50.8 Å². The van der Waals surface area contributed by atoms with E-state index >= 15 is 0 Å². The number of nitrogens with one attached hydrogen (secondary N) is 1. The monoisotopic (exact) mass is 424 g/mol. The second-order valence-corrected chi connectivity index (χ2v) is 8.42. The maximum atomic E-state index is 12.8. The van der Waals surface area contributed by atoms with E-state index in [1.807, 2.05) is 31.3 Å². The van der Waals surface area contributed by atoms with Crippen molar-refractivity contribution in [1.29, 1.82) is 0 Å². The lowest BCUT2D eigenvalue weighted by Gasteiger charge is -2.33. The molecule has 0 amide bonds. The maximum Gasteiger partial charge on any atom is 0.243 e. The predicted molar refractivity (Wildman–Crippen MR) is 116 cm³/mol. The molecule has 162 valence electrons. The quantitative estimate of drug-likeness (QED) is 0.451. The summed E-state index contributed by atoms with van der Waals surface area (Å²) in [5, 5.41) is 18.1. The van der Waals surface area contributed by atoms with Gasteiger partial charge in [-0.15, -0.1) is 5.10 Å². The zero-order chi connectivity index (χ0) is 21.6. The van der Waals surface area contributed by atoms with Crippen LogP contribution in [0.5, 0.6) is 0 Å². The smallest absolute Gasteiger partial charge is 0.243 e. The lowest BCUT2D eigenvalue weighted by Crippen LogP contribution is -2.36. The van der Waals surface area contributed by atoms with Crippen LogP contribution < -0.4 is 11.1 Å². The van der Waals surface area contributed by atoms with Crippen LogP contribution in [0.1, 0.15) is 32.6 Å². The van der Waals surface area contributed by atoms with Crippen molar-refractivity contribution < 1.29 is 9.50 Å². The first kappa shape index (κ1) is 19.7. The lowest BCUT2D eigenvalue weighted by molar-refractivity contribution is 0.0195. The zero-order valence-electron chi connectivity index (χ0n) is 17.3. The number of halogens is 1. The molecule has 0 saturated heterocycles. The van der Waals surface area contributed by atoms with Gasteiger partial charge in [0.1, 0.15) is 17.7 Å². The Morgan fingerprint density at radius 2 is 2.06 bits per heavy atom. The Morgan fingerprint density at radius 3 is 2.84 bits per heavy atom. The molecule has 1 saturated carbocycles. The van der Waals surface area contributed by atoms with E-state index in [0.29, 0.717) is 34.1 Å². The standard InChI is InChI=1S/C21H25FN8O/c1-21(31)7-4-13(5-8-21)25-20-27-18(23)17-14(6-10-30(17)28-20)15-2-3-16-19(26-15)29(11-9-22)12-24-16/h2-3,6,10,12-13,31H,4-5,7-9,11H2,1H3,(H3,23,25,27,28). The third-order valence-corrected chi connectivity index (χ3v) is 6.00. The van der Waals surface area contributed by atoms with E-state index in [9.17, 15) is 9.50 Å². The number of aliphatic hydroxyl groups is 1. The van der Waals surface area contributed by atoms with Crippen LogP contribution in [0.4, 0.5) is 16.2 Å². The molecule has 10 heteroatoms. The minimum Gasteiger partial charge on any atom is -0.390 e. The highest BCUT2D eigenvalue weighted by Crippen LogP contribution is 2.31. The number of nitrogens with zero attached hydrogens (tertiary/aromatic N) is 6. The van der Waals surface area contributed by atoms with Crippen LogP contribution >= 0.6 is 0 Å². The average molecular weight is 424 g/mol. The highest BCUT2D eigenvalue weighted by molar-refractivity contribution is 5.88. The average Bonchev–Trinajstić information content (AvgIpc) is 3.34. The molecular weight excluding hydrogens is 399 g/mol. The molecule has 0 unspecified atom stereocenters. The number of pyridine rings is 1. The summed E-state index contributed by atoms with van der Waals surface area (Å²) in [5.74, 6) is 0.808. The van der Waals surface area contributed by atoms with E-state index in [1.54, 1.807) is 15.4 Å². The molecule has 1 fully saturated rings. The fraction of sp³-hybridized carbons (Fsp3) is 0.429. The van der Waals surface area contributed by atoms with Gasteiger partial charge in [0.15, 0.2) is 11.5 Å². The SMILES string of the molecule is CC1(O)CCC(Nc2nc(N)c3c(-c4ccc5ncn(CCF)c5n4)ccn3n2)CC1. The van der Waals surface area contributed by atoms with E-state index in [0.717, 1.165) is 31.2 Å². The number of nitrogens with two attached hydrogens (primary N) is 1. The summed E-state index contributed by atoms with van der Waals surface area (Å²) in [7, 11) is 0. The number of fused-ring (bicyclic) bond motifs is 2. The molecule has 0 spiro atoms. The molecule has 0 atom stereocenters. The Kier molecular flexibility index (Phi) is 4.73. The second-order valence-electron chi connectivity index (χ2n) is 8.42. The molecule has 31 heavy (non-hydrogen) atoms. The Bertz CT molecular complexity index is 1240. The molecule has 0 bridgehead atoms. The van der Waals surface area contributed by atoms with Gasteiger partial charge >= 0.3 is 0 Å². The van der Waals surface area contributed by atoms with Crippen LogP contribution in [0.2, 0.25) is 0 Å². The van der Waals surface area contributed by atoms with Gasteiger partial charge in [-0.1, -0.05) is 0 Å². The van der Waals surface area contributed by atoms with Gasteiger partial charge in [0.2, 0.25) is 5.95 Å². The Morgan fingerprint density at radius 1 is 1.26 bits per heavy atom. The number of aromatic nitrogens is 6. The van der Waals surface area contributed by atoms with E-state index in [4.69, 9.17) is 5.73 Å². The van der Waals surface area contributed by atoms with Crippen molar-refractivity contribution in [3.63, 3.8) is 0 Å². The van der Waals surface area contributed by atoms with Crippen LogP contribution in [-0.4, -0.2) is 52.6 Å². The van der Waals surface area contributed by atoms with Crippen LogP contribution in [0, 0.1) is 0 Å². The van der Waals surface area contributed by atoms with Crippen molar-refractivity contribution in [2.24, 2.45) is 0 Å². The molecule has 4 aromatic heterocycles. The number of aryl methyl sites for hydroxylation is 1. The Labute approximate surface area is 178 Å². The van der Waals surface area contributed by atoms with Crippen molar-refractivity contribution in [3.8, 4) is 11.3 Å². The first-order chi connectivity index (χ1) is 14.9. The minimum atomic E-state index is -0.592. The third kappa shape index (κ3) is 3.67. The highest BCUT2D eigenvalue weighted by atomic mass is 19.1. The normalized spacial score (nSPS) is 21.7. The van der Waals surface area contributed by atoms with Crippen LogP contribution in [0.25, 0.3) is 27.9 Å². The highest BCUT2D eigenvalue weighted by Gasteiger charge is 2.29. The molecule has 9 nitrogen and oxygen atoms in total. The summed E-state index contributed by atoms with van der Waals surface area (Å²) in [6, 6.07) is 5.82. The fourth-order valence-electron chi connectivity index (χ4n) is 4.23. The second kappa shape index (κ2) is 7.45. The summed E-state index contributed by atoms with van der Waals surface area (Å²) in [4.78, 5) is 13.4. The molecule has 0 aromatic carbocycles. The van der Waals surface area contributed by atoms with Crippen LogP contribution in [0.15, 0.2) is 30.7 Å². The van der Waals surface area contributed by atoms with E-state index in [-0.39, 0.29) is 12.6 Å².